The molecule has 3 rings (SSSR count). The third-order valence-electron chi connectivity index (χ3n) is 4.58. The number of carbonyl (C=O) groups is 2. The predicted octanol–water partition coefficient (Wildman–Crippen LogP) is 3.69. The normalized spacial score (nSPS) is 18.0. The van der Waals surface area contributed by atoms with E-state index in [1.165, 1.54) is 4.90 Å². The second kappa shape index (κ2) is 7.03. The van der Waals surface area contributed by atoms with Gasteiger partial charge >= 0.3 is 6.18 Å². The van der Waals surface area contributed by atoms with Crippen LogP contribution in [0.1, 0.15) is 50.6 Å². The van der Waals surface area contributed by atoms with Gasteiger partial charge in [-0.25, -0.2) is 4.98 Å². The highest BCUT2D eigenvalue weighted by Gasteiger charge is 2.39. The predicted molar refractivity (Wildman–Crippen MR) is 93.7 cm³/mol. The summed E-state index contributed by atoms with van der Waals surface area (Å²) in [6.45, 7) is 5.89. The second-order valence-electron chi connectivity index (χ2n) is 7.79. The Morgan fingerprint density at radius 1 is 1.29 bits per heavy atom. The van der Waals surface area contributed by atoms with E-state index >= 15 is 0 Å². The SMILES string of the molecule is CC(C)(C)c1cc(CC(=O)[C@@H]2CCC(=O)N2c2ccc(C(F)(F)F)cn2)on1. The van der Waals surface area contributed by atoms with Gasteiger partial charge in [-0.3, -0.25) is 14.5 Å². The Balaban J connectivity index is 1.78. The molecule has 6 nitrogen and oxygen atoms in total. The lowest BCUT2D eigenvalue weighted by Crippen LogP contribution is -2.40. The molecule has 0 aliphatic carbocycles. The van der Waals surface area contributed by atoms with E-state index in [1.54, 1.807) is 6.07 Å². The zero-order valence-corrected chi connectivity index (χ0v) is 15.7. The molecule has 1 aliphatic heterocycles. The van der Waals surface area contributed by atoms with E-state index < -0.39 is 17.8 Å². The molecule has 3 heterocycles. The van der Waals surface area contributed by atoms with Crippen molar-refractivity contribution in [1.82, 2.24) is 10.1 Å². The maximum absolute atomic E-state index is 12.7. The Hall–Kier alpha value is -2.71. The summed E-state index contributed by atoms with van der Waals surface area (Å²) in [5.74, 6) is -0.209. The number of pyridine rings is 1. The minimum Gasteiger partial charge on any atom is -0.361 e. The van der Waals surface area contributed by atoms with Gasteiger partial charge in [0.05, 0.1) is 23.7 Å². The van der Waals surface area contributed by atoms with Crippen molar-refractivity contribution in [1.29, 1.82) is 0 Å². The number of aromatic nitrogens is 2. The Kier molecular flexibility index (Phi) is 5.03. The summed E-state index contributed by atoms with van der Waals surface area (Å²) in [5.41, 5.74) is -0.439. The van der Waals surface area contributed by atoms with Crippen LogP contribution in [0.4, 0.5) is 19.0 Å². The molecular formula is C19H20F3N3O3. The number of carbonyl (C=O) groups excluding carboxylic acids is 2. The van der Waals surface area contributed by atoms with E-state index in [-0.39, 0.29) is 42.2 Å². The first-order valence-electron chi connectivity index (χ1n) is 8.81. The van der Waals surface area contributed by atoms with E-state index in [0.717, 1.165) is 12.1 Å². The fourth-order valence-corrected chi connectivity index (χ4v) is 3.01. The molecule has 1 atom stereocenters. The number of Topliss-reactive ketones (excluding diaryl/α,β-unsaturated/α-hetero) is 1. The fourth-order valence-electron chi connectivity index (χ4n) is 3.01. The molecule has 0 aromatic carbocycles. The molecule has 0 saturated carbocycles. The number of hydrogen-bond donors (Lipinski definition) is 0. The number of halogens is 3. The maximum atomic E-state index is 12.7. The van der Waals surface area contributed by atoms with E-state index in [2.05, 4.69) is 10.1 Å². The molecule has 0 unspecified atom stereocenters. The molecule has 0 N–H and O–H groups in total. The summed E-state index contributed by atoms with van der Waals surface area (Å²) < 4.78 is 43.4. The van der Waals surface area contributed by atoms with Gasteiger partial charge in [0, 0.05) is 24.1 Å². The first-order chi connectivity index (χ1) is 13.0. The largest absolute Gasteiger partial charge is 0.417 e. The third kappa shape index (κ3) is 4.07. The number of anilines is 1. The van der Waals surface area contributed by atoms with Crippen LogP contribution in [-0.2, 0) is 27.6 Å². The quantitative estimate of drug-likeness (QED) is 0.789. The highest BCUT2D eigenvalue weighted by atomic mass is 19.4. The lowest BCUT2D eigenvalue weighted by atomic mass is 9.92. The van der Waals surface area contributed by atoms with E-state index in [4.69, 9.17) is 4.52 Å². The number of alkyl halides is 3. The molecule has 28 heavy (non-hydrogen) atoms. The van der Waals surface area contributed by atoms with Gasteiger partial charge in [0.25, 0.3) is 0 Å². The van der Waals surface area contributed by atoms with Gasteiger partial charge < -0.3 is 4.52 Å². The molecule has 1 amide bonds. The highest BCUT2D eigenvalue weighted by Crippen LogP contribution is 2.32. The van der Waals surface area contributed by atoms with Crippen LogP contribution >= 0.6 is 0 Å². The highest BCUT2D eigenvalue weighted by molar-refractivity contribution is 6.04. The summed E-state index contributed by atoms with van der Waals surface area (Å²) in [5, 5.41) is 3.97. The van der Waals surface area contributed by atoms with Gasteiger partial charge in [-0.2, -0.15) is 13.2 Å². The van der Waals surface area contributed by atoms with Crippen molar-refractivity contribution < 1.29 is 27.3 Å². The summed E-state index contributed by atoms with van der Waals surface area (Å²) >= 11 is 0. The van der Waals surface area contributed by atoms with Crippen LogP contribution in [-0.4, -0.2) is 27.9 Å². The van der Waals surface area contributed by atoms with Crippen LogP contribution in [0.5, 0.6) is 0 Å². The van der Waals surface area contributed by atoms with Crippen LogP contribution in [0.2, 0.25) is 0 Å². The molecule has 1 aliphatic rings. The maximum Gasteiger partial charge on any atom is 0.417 e. The first kappa shape index (κ1) is 20.0. The topological polar surface area (TPSA) is 76.3 Å². The van der Waals surface area contributed by atoms with Crippen molar-refractivity contribution in [3.8, 4) is 0 Å². The number of ketones is 1. The van der Waals surface area contributed by atoms with Crippen LogP contribution in [0.15, 0.2) is 28.9 Å². The molecule has 2 aromatic heterocycles. The molecule has 0 spiro atoms. The minimum atomic E-state index is -4.52. The molecule has 150 valence electrons. The van der Waals surface area contributed by atoms with E-state index in [9.17, 15) is 22.8 Å². The molecule has 1 fully saturated rings. The standard InChI is InChI=1S/C19H20F3N3O3/c1-18(2,3)15-9-12(28-24-15)8-14(26)13-5-7-17(27)25(13)16-6-4-11(10-23-16)19(20,21)22/h4,6,9-10,13H,5,7-8H2,1-3H3/t13-/m0/s1. The third-order valence-corrected chi connectivity index (χ3v) is 4.58. The molecular weight excluding hydrogens is 375 g/mol. The van der Waals surface area contributed by atoms with Gasteiger partial charge in [-0.15, -0.1) is 0 Å². The van der Waals surface area contributed by atoms with Crippen molar-refractivity contribution in [3.05, 3.63) is 41.4 Å². The average molecular weight is 395 g/mol. The van der Waals surface area contributed by atoms with Crippen molar-refractivity contribution in [2.45, 2.75) is 57.7 Å². The number of amides is 1. The molecule has 0 radical (unpaired) electrons. The van der Waals surface area contributed by atoms with Gasteiger partial charge in [0.2, 0.25) is 5.91 Å². The van der Waals surface area contributed by atoms with Crippen LogP contribution < -0.4 is 4.90 Å². The molecule has 9 heteroatoms. The van der Waals surface area contributed by atoms with Gasteiger partial charge in [0.1, 0.15) is 11.6 Å². The second-order valence-corrected chi connectivity index (χ2v) is 7.79. The lowest BCUT2D eigenvalue weighted by Gasteiger charge is -2.22. The summed E-state index contributed by atoms with van der Waals surface area (Å²) in [7, 11) is 0. The smallest absolute Gasteiger partial charge is 0.361 e. The van der Waals surface area contributed by atoms with Crippen LogP contribution in [0, 0.1) is 0 Å². The summed E-state index contributed by atoms with van der Waals surface area (Å²) in [4.78, 5) is 29.9. The number of nitrogens with zero attached hydrogens (tertiary/aromatic N) is 3. The minimum absolute atomic E-state index is 0.0294. The number of hydrogen-bond acceptors (Lipinski definition) is 5. The monoisotopic (exact) mass is 395 g/mol. The van der Waals surface area contributed by atoms with Crippen LogP contribution in [0.3, 0.4) is 0 Å². The van der Waals surface area contributed by atoms with Crippen molar-refractivity contribution in [2.24, 2.45) is 0 Å². The molecule has 0 bridgehead atoms. The Morgan fingerprint density at radius 2 is 2.00 bits per heavy atom. The average Bonchev–Trinajstić information content (AvgIpc) is 3.20. The first-order valence-corrected chi connectivity index (χ1v) is 8.81. The molecule has 2 aromatic rings. The zero-order chi connectivity index (χ0) is 20.7. The van der Waals surface area contributed by atoms with Crippen molar-refractivity contribution >= 4 is 17.5 Å². The van der Waals surface area contributed by atoms with Gasteiger partial charge in [-0.1, -0.05) is 25.9 Å². The Bertz CT molecular complexity index is 882. The van der Waals surface area contributed by atoms with Crippen molar-refractivity contribution in [2.75, 3.05) is 4.90 Å². The van der Waals surface area contributed by atoms with E-state index in [1.807, 2.05) is 20.8 Å². The summed E-state index contributed by atoms with van der Waals surface area (Å²) in [6.07, 6.45) is -3.51. The van der Waals surface area contributed by atoms with Crippen molar-refractivity contribution in [3.63, 3.8) is 0 Å². The Morgan fingerprint density at radius 3 is 2.54 bits per heavy atom. The zero-order valence-electron chi connectivity index (χ0n) is 15.7. The lowest BCUT2D eigenvalue weighted by molar-refractivity contribution is -0.137. The van der Waals surface area contributed by atoms with Gasteiger partial charge in [0.15, 0.2) is 5.78 Å². The summed E-state index contributed by atoms with van der Waals surface area (Å²) in [6, 6.07) is 2.87. The fraction of sp³-hybridized carbons (Fsp3) is 0.474. The van der Waals surface area contributed by atoms with Gasteiger partial charge in [-0.05, 0) is 18.6 Å². The van der Waals surface area contributed by atoms with Crippen LogP contribution in [0.25, 0.3) is 0 Å². The number of rotatable bonds is 4. The molecule has 1 saturated heterocycles. The van der Waals surface area contributed by atoms with E-state index in [0.29, 0.717) is 17.7 Å². The Labute approximate surface area is 159 Å².